The third-order valence-electron chi connectivity index (χ3n) is 5.61. The quantitative estimate of drug-likeness (QED) is 0.523. The Hall–Kier alpha value is -2.30. The van der Waals surface area contributed by atoms with Gasteiger partial charge < -0.3 is 14.8 Å². The van der Waals surface area contributed by atoms with Crippen molar-refractivity contribution in [1.29, 1.82) is 0 Å². The Kier molecular flexibility index (Phi) is 4.11. The van der Waals surface area contributed by atoms with Crippen LogP contribution in [0.3, 0.4) is 0 Å². The number of esters is 2. The summed E-state index contributed by atoms with van der Waals surface area (Å²) in [6.07, 6.45) is 4.57. The van der Waals surface area contributed by atoms with Gasteiger partial charge in [-0.2, -0.15) is 0 Å². The molecule has 2 aliphatic rings. The number of hydrogen-bond donors (Lipinski definition) is 1. The summed E-state index contributed by atoms with van der Waals surface area (Å²) < 4.78 is 10.1. The smallest absolute Gasteiger partial charge is 0.325 e. The molecule has 0 bridgehead atoms. The summed E-state index contributed by atoms with van der Waals surface area (Å²) in [4.78, 5) is 25.5. The molecule has 1 aromatic carbocycles. The Morgan fingerprint density at radius 1 is 1.25 bits per heavy atom. The van der Waals surface area contributed by atoms with Gasteiger partial charge in [-0.15, -0.1) is 6.58 Å². The second-order valence-electron chi connectivity index (χ2n) is 6.58. The zero-order valence-electron chi connectivity index (χ0n) is 14.1. The van der Waals surface area contributed by atoms with Crippen LogP contribution in [0, 0.1) is 5.41 Å². The third kappa shape index (κ3) is 2.00. The number of nitrogens with one attached hydrogen (secondary N) is 1. The number of benzene rings is 1. The van der Waals surface area contributed by atoms with Crippen LogP contribution in [-0.2, 0) is 24.5 Å². The number of para-hydroxylation sites is 1. The van der Waals surface area contributed by atoms with E-state index in [4.69, 9.17) is 9.47 Å². The lowest BCUT2D eigenvalue weighted by atomic mass is 9.56. The third-order valence-corrected chi connectivity index (χ3v) is 5.61. The Morgan fingerprint density at radius 2 is 1.92 bits per heavy atom. The topological polar surface area (TPSA) is 64.6 Å². The van der Waals surface area contributed by atoms with Gasteiger partial charge in [0, 0.05) is 11.1 Å². The number of fused-ring (bicyclic) bond motifs is 3. The van der Waals surface area contributed by atoms with Crippen LogP contribution in [0.25, 0.3) is 0 Å². The molecular formula is C19H23NO4. The highest BCUT2D eigenvalue weighted by atomic mass is 16.5. The van der Waals surface area contributed by atoms with Crippen molar-refractivity contribution in [2.75, 3.05) is 19.5 Å². The van der Waals surface area contributed by atoms with E-state index >= 15 is 0 Å². The molecule has 3 rings (SSSR count). The molecule has 0 unspecified atom stereocenters. The molecule has 1 heterocycles. The van der Waals surface area contributed by atoms with Gasteiger partial charge in [0.15, 0.2) is 5.41 Å². The standard InChI is InChI=1S/C19H23NO4/c1-4-10-18-11-7-12-19(16(21)23-2,17(22)24-3)15(18)20-14-9-6-5-8-13(14)18/h4-6,8-9,15,20H,1,7,10-12H2,2-3H3/t15-,18+/m0/s1. The fraction of sp³-hybridized carbons (Fsp3) is 0.474. The number of anilines is 1. The highest BCUT2D eigenvalue weighted by molar-refractivity contribution is 6.02. The van der Waals surface area contributed by atoms with Gasteiger partial charge in [0.25, 0.3) is 0 Å². The Labute approximate surface area is 142 Å². The number of ether oxygens (including phenoxy) is 2. The van der Waals surface area contributed by atoms with Crippen LogP contribution in [0.5, 0.6) is 0 Å². The van der Waals surface area contributed by atoms with E-state index in [2.05, 4.69) is 18.0 Å². The van der Waals surface area contributed by atoms with Crippen molar-refractivity contribution in [1.82, 2.24) is 0 Å². The number of carbonyl (C=O) groups is 2. The van der Waals surface area contributed by atoms with Crippen molar-refractivity contribution < 1.29 is 19.1 Å². The molecule has 0 radical (unpaired) electrons. The van der Waals surface area contributed by atoms with Crippen molar-refractivity contribution >= 4 is 17.6 Å². The molecule has 128 valence electrons. The van der Waals surface area contributed by atoms with E-state index in [0.29, 0.717) is 12.8 Å². The minimum Gasteiger partial charge on any atom is -0.468 e. The molecule has 1 aliphatic heterocycles. The fourth-order valence-corrected chi connectivity index (χ4v) is 4.67. The second-order valence-corrected chi connectivity index (χ2v) is 6.58. The van der Waals surface area contributed by atoms with Crippen molar-refractivity contribution in [3.8, 4) is 0 Å². The molecule has 0 saturated heterocycles. The Morgan fingerprint density at radius 3 is 2.54 bits per heavy atom. The monoisotopic (exact) mass is 329 g/mol. The highest BCUT2D eigenvalue weighted by Crippen LogP contribution is 2.57. The molecule has 1 aliphatic carbocycles. The molecule has 0 aromatic heterocycles. The second kappa shape index (κ2) is 5.96. The maximum atomic E-state index is 12.7. The maximum Gasteiger partial charge on any atom is 0.325 e. The minimum absolute atomic E-state index is 0.362. The van der Waals surface area contributed by atoms with E-state index in [0.717, 1.165) is 24.1 Å². The van der Waals surface area contributed by atoms with Gasteiger partial charge in [0.05, 0.1) is 20.3 Å². The first-order chi connectivity index (χ1) is 11.6. The van der Waals surface area contributed by atoms with Gasteiger partial charge in [0.2, 0.25) is 0 Å². The van der Waals surface area contributed by atoms with Gasteiger partial charge in [0.1, 0.15) is 0 Å². The molecule has 1 saturated carbocycles. The number of methoxy groups -OCH3 is 2. The van der Waals surface area contributed by atoms with Gasteiger partial charge >= 0.3 is 11.9 Å². The lowest BCUT2D eigenvalue weighted by Gasteiger charge is -2.48. The summed E-state index contributed by atoms with van der Waals surface area (Å²) in [7, 11) is 2.64. The lowest BCUT2D eigenvalue weighted by molar-refractivity contribution is -0.174. The number of allylic oxidation sites excluding steroid dienone is 1. The molecule has 24 heavy (non-hydrogen) atoms. The molecule has 1 fully saturated rings. The van der Waals surface area contributed by atoms with Crippen LogP contribution in [0.2, 0.25) is 0 Å². The normalized spacial score (nSPS) is 26.5. The van der Waals surface area contributed by atoms with E-state index in [-0.39, 0.29) is 5.41 Å². The number of rotatable bonds is 4. The molecule has 5 heteroatoms. The average molecular weight is 329 g/mol. The summed E-state index contributed by atoms with van der Waals surface area (Å²) in [6, 6.07) is 7.58. The molecule has 0 amide bonds. The summed E-state index contributed by atoms with van der Waals surface area (Å²) in [5.74, 6) is -1.07. The largest absolute Gasteiger partial charge is 0.468 e. The van der Waals surface area contributed by atoms with E-state index in [9.17, 15) is 9.59 Å². The van der Waals surface area contributed by atoms with Crippen molar-refractivity contribution in [2.45, 2.75) is 37.1 Å². The maximum absolute atomic E-state index is 12.7. The predicted molar refractivity (Wildman–Crippen MR) is 90.7 cm³/mol. The average Bonchev–Trinajstić information content (AvgIpc) is 2.95. The summed E-state index contributed by atoms with van der Waals surface area (Å²) >= 11 is 0. The van der Waals surface area contributed by atoms with Crippen LogP contribution >= 0.6 is 0 Å². The van der Waals surface area contributed by atoms with E-state index < -0.39 is 23.4 Å². The first kappa shape index (κ1) is 16.6. The fourth-order valence-electron chi connectivity index (χ4n) is 4.67. The van der Waals surface area contributed by atoms with Crippen molar-refractivity contribution in [2.24, 2.45) is 5.41 Å². The Bertz CT molecular complexity index is 668. The van der Waals surface area contributed by atoms with Crippen molar-refractivity contribution in [3.05, 3.63) is 42.5 Å². The van der Waals surface area contributed by atoms with Crippen LogP contribution in [0.4, 0.5) is 5.69 Å². The zero-order chi connectivity index (χ0) is 17.4. The lowest BCUT2D eigenvalue weighted by Crippen LogP contribution is -2.61. The van der Waals surface area contributed by atoms with Gasteiger partial charge in [-0.25, -0.2) is 0 Å². The van der Waals surface area contributed by atoms with Crippen molar-refractivity contribution in [3.63, 3.8) is 0 Å². The van der Waals surface area contributed by atoms with Crippen LogP contribution in [0.1, 0.15) is 31.2 Å². The number of hydrogen-bond acceptors (Lipinski definition) is 5. The van der Waals surface area contributed by atoms with Crippen LogP contribution < -0.4 is 5.32 Å². The summed E-state index contributed by atoms with van der Waals surface area (Å²) in [6.45, 7) is 3.90. The molecule has 2 atom stereocenters. The molecular weight excluding hydrogens is 306 g/mol. The SMILES string of the molecule is C=CC[C@]12CCCC(C(=O)OC)(C(=O)OC)[C@H]1Nc1ccccc12. The van der Waals surface area contributed by atoms with Crippen LogP contribution in [-0.4, -0.2) is 32.2 Å². The zero-order valence-corrected chi connectivity index (χ0v) is 14.1. The molecule has 1 N–H and O–H groups in total. The summed E-state index contributed by atoms with van der Waals surface area (Å²) in [5.41, 5.74) is 0.387. The van der Waals surface area contributed by atoms with Crippen LogP contribution in [0.15, 0.2) is 36.9 Å². The number of carbonyl (C=O) groups excluding carboxylic acids is 2. The van der Waals surface area contributed by atoms with E-state index in [1.807, 2.05) is 24.3 Å². The first-order valence-electron chi connectivity index (χ1n) is 8.20. The van der Waals surface area contributed by atoms with E-state index in [1.54, 1.807) is 0 Å². The van der Waals surface area contributed by atoms with Gasteiger partial charge in [-0.3, -0.25) is 9.59 Å². The van der Waals surface area contributed by atoms with Gasteiger partial charge in [-0.05, 0) is 30.9 Å². The minimum atomic E-state index is -1.34. The molecule has 5 nitrogen and oxygen atoms in total. The first-order valence-corrected chi connectivity index (χ1v) is 8.20. The van der Waals surface area contributed by atoms with Gasteiger partial charge in [-0.1, -0.05) is 30.7 Å². The highest BCUT2D eigenvalue weighted by Gasteiger charge is 2.66. The molecule has 0 spiro atoms. The summed E-state index contributed by atoms with van der Waals surface area (Å²) in [5, 5.41) is 3.43. The molecule has 1 aromatic rings. The Balaban J connectivity index is 2.21. The predicted octanol–water partition coefficient (Wildman–Crippen LogP) is 2.81. The van der Waals surface area contributed by atoms with E-state index in [1.165, 1.54) is 14.2 Å².